The number of aliphatic carboxylic acids is 3. The summed E-state index contributed by atoms with van der Waals surface area (Å²) in [5, 5.41) is 25.1. The quantitative estimate of drug-likeness (QED) is 0.342. The predicted octanol–water partition coefficient (Wildman–Crippen LogP) is 3.51. The molecule has 0 bridgehead atoms. The monoisotopic (exact) mass is 544 g/mol. The Kier molecular flexibility index (Phi) is 13.2. The van der Waals surface area contributed by atoms with Crippen molar-refractivity contribution < 1.29 is 44.0 Å². The van der Waals surface area contributed by atoms with Gasteiger partial charge < -0.3 is 35.4 Å². The number of carboxylic acids is 3. The van der Waals surface area contributed by atoms with Gasteiger partial charge in [0.2, 0.25) is 5.91 Å². The molecule has 3 rings (SSSR count). The Bertz CT molecular complexity index is 1130. The van der Waals surface area contributed by atoms with Crippen LogP contribution in [0.15, 0.2) is 60.7 Å². The van der Waals surface area contributed by atoms with Gasteiger partial charge in [-0.1, -0.05) is 30.8 Å². The van der Waals surface area contributed by atoms with Gasteiger partial charge in [0.15, 0.2) is 0 Å². The molecule has 212 valence electrons. The van der Waals surface area contributed by atoms with Gasteiger partial charge in [-0.25, -0.2) is 4.79 Å². The molecular formula is C28H36N2O9. The van der Waals surface area contributed by atoms with Crippen LogP contribution in [-0.2, 0) is 19.2 Å². The summed E-state index contributed by atoms with van der Waals surface area (Å²) in [5.41, 5.74) is 7.46. The number of benzene rings is 2. The molecule has 11 nitrogen and oxygen atoms in total. The van der Waals surface area contributed by atoms with Crippen molar-refractivity contribution in [2.45, 2.75) is 38.8 Å². The van der Waals surface area contributed by atoms with Crippen molar-refractivity contribution in [1.82, 2.24) is 4.90 Å². The molecule has 39 heavy (non-hydrogen) atoms. The predicted molar refractivity (Wildman–Crippen MR) is 143 cm³/mol. The standard InChI is InChI=1S/C14H17NO4.C9H13NO.C5H6O4/c1-9(10-3-5-12(19-2)6-4-10)15-8-11(14(17)18)7-13(15)16;1-7(10)8-3-5-9(11-2)6-4-8;1-3(5(8)9)2-4(6)7/h3-6,9,11H,7-8H2,1-2H3,(H,17,18);3-7H,10H2,1-2H3;1-2H2,(H,6,7)(H,8,9)/t9-,11?;7-;/m11./s1. The maximum Gasteiger partial charge on any atom is 0.331 e. The second-order valence-corrected chi connectivity index (χ2v) is 8.78. The van der Waals surface area contributed by atoms with Crippen LogP contribution in [0.2, 0.25) is 0 Å². The maximum absolute atomic E-state index is 11.9. The summed E-state index contributed by atoms with van der Waals surface area (Å²) in [7, 11) is 3.25. The van der Waals surface area contributed by atoms with Crippen molar-refractivity contribution in [1.29, 1.82) is 0 Å². The minimum absolute atomic E-state index is 0.0931. The lowest BCUT2D eigenvalue weighted by Gasteiger charge is -2.25. The van der Waals surface area contributed by atoms with Gasteiger partial charge in [0, 0.05) is 24.6 Å². The molecule has 1 heterocycles. The van der Waals surface area contributed by atoms with Crippen LogP contribution in [0.3, 0.4) is 0 Å². The summed E-state index contributed by atoms with van der Waals surface area (Å²) in [6.45, 7) is 7.16. The van der Waals surface area contributed by atoms with E-state index in [4.69, 9.17) is 30.5 Å². The third-order valence-electron chi connectivity index (χ3n) is 5.88. The van der Waals surface area contributed by atoms with Gasteiger partial charge in [-0.15, -0.1) is 0 Å². The largest absolute Gasteiger partial charge is 0.497 e. The molecule has 0 radical (unpaired) electrons. The normalized spacial score (nSPS) is 15.5. The number of nitrogens with zero attached hydrogens (tertiary/aromatic N) is 1. The van der Waals surface area contributed by atoms with Crippen molar-refractivity contribution in [3.8, 4) is 11.5 Å². The fourth-order valence-corrected chi connectivity index (χ4v) is 3.50. The van der Waals surface area contributed by atoms with Crippen LogP contribution >= 0.6 is 0 Å². The Morgan fingerprint density at radius 2 is 1.41 bits per heavy atom. The van der Waals surface area contributed by atoms with E-state index in [2.05, 4.69) is 6.58 Å². The molecule has 0 aliphatic carbocycles. The number of ether oxygens (including phenoxy) is 2. The van der Waals surface area contributed by atoms with E-state index in [0.717, 1.165) is 22.6 Å². The van der Waals surface area contributed by atoms with E-state index in [-0.39, 0.29) is 36.5 Å². The summed E-state index contributed by atoms with van der Waals surface area (Å²) in [6, 6.07) is 15.2. The average molecular weight is 545 g/mol. The van der Waals surface area contributed by atoms with E-state index in [9.17, 15) is 19.2 Å². The molecule has 1 fully saturated rings. The second-order valence-electron chi connectivity index (χ2n) is 8.78. The first-order chi connectivity index (χ1) is 18.3. The first-order valence-corrected chi connectivity index (χ1v) is 12.0. The molecule has 0 saturated carbocycles. The SMILES string of the molecule is C=C(CC(=O)O)C(=O)O.COc1ccc([C@@H](C)N)cc1.COc1ccc([C@@H](C)N2CC(C(=O)O)CC2=O)cc1. The van der Waals surface area contributed by atoms with E-state index < -0.39 is 30.2 Å². The molecule has 2 aromatic rings. The lowest BCUT2D eigenvalue weighted by atomic mass is 10.1. The third-order valence-corrected chi connectivity index (χ3v) is 5.88. The van der Waals surface area contributed by atoms with Gasteiger partial charge in [-0.05, 0) is 49.2 Å². The van der Waals surface area contributed by atoms with Gasteiger partial charge in [0.05, 0.1) is 32.6 Å². The van der Waals surface area contributed by atoms with Crippen molar-refractivity contribution in [2.24, 2.45) is 11.7 Å². The summed E-state index contributed by atoms with van der Waals surface area (Å²) in [4.78, 5) is 44.1. The molecule has 1 aliphatic heterocycles. The topological polar surface area (TPSA) is 177 Å². The molecule has 2 aromatic carbocycles. The lowest BCUT2D eigenvalue weighted by Crippen LogP contribution is -2.29. The number of hydrogen-bond acceptors (Lipinski definition) is 7. The zero-order valence-electron chi connectivity index (χ0n) is 22.5. The molecular weight excluding hydrogens is 508 g/mol. The summed E-state index contributed by atoms with van der Waals surface area (Å²) in [6.07, 6.45) is -0.412. The van der Waals surface area contributed by atoms with Gasteiger partial charge in [-0.3, -0.25) is 14.4 Å². The summed E-state index contributed by atoms with van der Waals surface area (Å²) >= 11 is 0. The molecule has 1 amide bonds. The van der Waals surface area contributed by atoms with Gasteiger partial charge in [0.1, 0.15) is 11.5 Å². The fourth-order valence-electron chi connectivity index (χ4n) is 3.50. The van der Waals surface area contributed by atoms with Crippen LogP contribution in [0, 0.1) is 5.92 Å². The Labute approximate surface area is 227 Å². The molecule has 0 aromatic heterocycles. The number of likely N-dealkylation sites (tertiary alicyclic amines) is 1. The fraction of sp³-hybridized carbons (Fsp3) is 0.357. The van der Waals surface area contributed by atoms with E-state index >= 15 is 0 Å². The summed E-state index contributed by atoms with van der Waals surface area (Å²) in [5.74, 6) is -2.41. The number of carbonyl (C=O) groups is 4. The highest BCUT2D eigenvalue weighted by Gasteiger charge is 2.36. The lowest BCUT2D eigenvalue weighted by molar-refractivity contribution is -0.141. The van der Waals surface area contributed by atoms with Crippen molar-refractivity contribution in [3.05, 3.63) is 71.8 Å². The van der Waals surface area contributed by atoms with Crippen LogP contribution in [0.4, 0.5) is 0 Å². The smallest absolute Gasteiger partial charge is 0.331 e. The Balaban J connectivity index is 0.000000324. The Morgan fingerprint density at radius 1 is 0.949 bits per heavy atom. The molecule has 1 unspecified atom stereocenters. The van der Waals surface area contributed by atoms with E-state index in [0.29, 0.717) is 0 Å². The zero-order valence-corrected chi connectivity index (χ0v) is 22.5. The highest BCUT2D eigenvalue weighted by Crippen LogP contribution is 2.29. The van der Waals surface area contributed by atoms with Crippen LogP contribution in [0.1, 0.15) is 49.9 Å². The van der Waals surface area contributed by atoms with Crippen LogP contribution in [0.5, 0.6) is 11.5 Å². The Hall–Kier alpha value is -4.38. The van der Waals surface area contributed by atoms with E-state index in [1.54, 1.807) is 19.1 Å². The first kappa shape index (κ1) is 32.6. The number of carbonyl (C=O) groups excluding carboxylic acids is 1. The van der Waals surface area contributed by atoms with Gasteiger partial charge in [0.25, 0.3) is 0 Å². The second kappa shape index (κ2) is 15.8. The van der Waals surface area contributed by atoms with Gasteiger partial charge in [-0.2, -0.15) is 0 Å². The molecule has 0 spiro atoms. The van der Waals surface area contributed by atoms with E-state index in [1.807, 2.05) is 62.4 Å². The number of carboxylic acid groups (broad SMARTS) is 3. The van der Waals surface area contributed by atoms with E-state index in [1.165, 1.54) is 0 Å². The molecule has 5 N–H and O–H groups in total. The van der Waals surface area contributed by atoms with Crippen molar-refractivity contribution in [3.63, 3.8) is 0 Å². The Morgan fingerprint density at radius 3 is 1.72 bits per heavy atom. The van der Waals surface area contributed by atoms with Crippen molar-refractivity contribution >= 4 is 23.8 Å². The number of methoxy groups -OCH3 is 2. The minimum Gasteiger partial charge on any atom is -0.497 e. The maximum atomic E-state index is 11.9. The summed E-state index contributed by atoms with van der Waals surface area (Å²) < 4.78 is 10.1. The van der Waals surface area contributed by atoms with Gasteiger partial charge >= 0.3 is 17.9 Å². The van der Waals surface area contributed by atoms with Crippen LogP contribution in [-0.4, -0.2) is 64.8 Å². The number of amides is 1. The first-order valence-electron chi connectivity index (χ1n) is 12.0. The number of hydrogen-bond donors (Lipinski definition) is 4. The van der Waals surface area contributed by atoms with Crippen LogP contribution < -0.4 is 15.2 Å². The zero-order chi connectivity index (χ0) is 29.7. The van der Waals surface area contributed by atoms with Crippen molar-refractivity contribution in [2.75, 3.05) is 20.8 Å². The molecule has 11 heteroatoms. The number of rotatable bonds is 9. The third kappa shape index (κ3) is 10.9. The van der Waals surface area contributed by atoms with Crippen LogP contribution in [0.25, 0.3) is 0 Å². The highest BCUT2D eigenvalue weighted by atomic mass is 16.5. The molecule has 3 atom stereocenters. The average Bonchev–Trinajstić information content (AvgIpc) is 3.30. The number of nitrogens with two attached hydrogens (primary N) is 1. The molecule has 1 saturated heterocycles. The highest BCUT2D eigenvalue weighted by molar-refractivity contribution is 5.91. The minimum atomic E-state index is -1.27. The molecule has 1 aliphatic rings.